The fraction of sp³-hybridized carbons (Fsp3) is 0.808. The zero-order valence-electron chi connectivity index (χ0n) is 21.8. The SMILES string of the molecule is C=C1C=CC(OC2OC(COC3OCC(O)(CO)C3O)C(O)C(O)C2O)C2(C)CCC3C(OC(=O)C3(C)O)C12. The van der Waals surface area contributed by atoms with Gasteiger partial charge in [-0.05, 0) is 25.3 Å². The molecule has 3 saturated heterocycles. The normalized spacial score (nSPS) is 53.4. The molecule has 220 valence electrons. The number of esters is 1. The van der Waals surface area contributed by atoms with Crippen molar-refractivity contribution in [1.82, 2.24) is 0 Å². The van der Waals surface area contributed by atoms with Crippen LogP contribution in [0.25, 0.3) is 0 Å². The Labute approximate surface area is 225 Å². The number of hydrogen-bond donors (Lipinski definition) is 7. The number of hydrogen-bond acceptors (Lipinski definition) is 13. The summed E-state index contributed by atoms with van der Waals surface area (Å²) >= 11 is 0. The van der Waals surface area contributed by atoms with Gasteiger partial charge in [-0.1, -0.05) is 25.7 Å². The summed E-state index contributed by atoms with van der Waals surface area (Å²) in [6, 6.07) is 0. The Hall–Kier alpha value is -1.49. The molecule has 0 aromatic carbocycles. The van der Waals surface area contributed by atoms with Gasteiger partial charge in [-0.15, -0.1) is 0 Å². The number of carbonyl (C=O) groups is 1. The second-order valence-electron chi connectivity index (χ2n) is 11.9. The van der Waals surface area contributed by atoms with E-state index in [1.807, 2.05) is 6.92 Å². The summed E-state index contributed by atoms with van der Waals surface area (Å²) in [6.07, 6.45) is -7.14. The topological polar surface area (TPSA) is 205 Å². The summed E-state index contributed by atoms with van der Waals surface area (Å²) in [6.45, 7) is 6.01. The van der Waals surface area contributed by atoms with E-state index in [1.54, 1.807) is 12.2 Å². The van der Waals surface area contributed by atoms with E-state index in [-0.39, 0.29) is 12.5 Å². The maximum Gasteiger partial charge on any atom is 0.338 e. The van der Waals surface area contributed by atoms with Crippen LogP contribution in [0.2, 0.25) is 0 Å². The molecule has 0 aromatic heterocycles. The molecule has 3 aliphatic heterocycles. The first kappa shape index (κ1) is 29.0. The lowest BCUT2D eigenvalue weighted by Crippen LogP contribution is -2.62. The molecule has 39 heavy (non-hydrogen) atoms. The second-order valence-corrected chi connectivity index (χ2v) is 11.9. The highest BCUT2D eigenvalue weighted by Crippen LogP contribution is 2.57. The summed E-state index contributed by atoms with van der Waals surface area (Å²) in [5, 5.41) is 72.1. The number of fused-ring (bicyclic) bond motifs is 3. The minimum atomic E-state index is -1.90. The van der Waals surface area contributed by atoms with E-state index in [4.69, 9.17) is 23.7 Å². The molecular weight excluding hydrogens is 520 g/mol. The van der Waals surface area contributed by atoms with Crippen molar-refractivity contribution in [3.8, 4) is 0 Å². The standard InChI is InChI=1S/C26H38O13/c1-11-4-5-14(24(2)7-6-12-19(15(11)24)39-23(32)25(12,3)33)38-21-18(30)17(29)16(28)13(37-21)8-35-22-20(31)26(34,9-27)10-36-22/h4-5,12-22,27-31,33-34H,1,6-10H2,2-3H3. The summed E-state index contributed by atoms with van der Waals surface area (Å²) in [7, 11) is 0. The third kappa shape index (κ3) is 4.57. The van der Waals surface area contributed by atoms with Crippen LogP contribution in [0.15, 0.2) is 24.3 Å². The predicted octanol–water partition coefficient (Wildman–Crippen LogP) is -2.53. The van der Waals surface area contributed by atoms with E-state index in [0.29, 0.717) is 18.4 Å². The molecule has 13 nitrogen and oxygen atoms in total. The fourth-order valence-electron chi connectivity index (χ4n) is 6.66. The van der Waals surface area contributed by atoms with E-state index in [0.717, 1.165) is 0 Å². The number of aliphatic hydroxyl groups is 7. The van der Waals surface area contributed by atoms with Crippen LogP contribution in [-0.4, -0.2) is 128 Å². The van der Waals surface area contributed by atoms with Gasteiger partial charge >= 0.3 is 5.97 Å². The quantitative estimate of drug-likeness (QED) is 0.168. The zero-order valence-corrected chi connectivity index (χ0v) is 21.8. The monoisotopic (exact) mass is 558 g/mol. The largest absolute Gasteiger partial charge is 0.459 e. The Morgan fingerprint density at radius 3 is 2.49 bits per heavy atom. The van der Waals surface area contributed by atoms with Gasteiger partial charge in [0.05, 0.1) is 25.9 Å². The first-order chi connectivity index (χ1) is 18.2. The number of allylic oxidation sites excluding steroid dienone is 1. The molecule has 0 bridgehead atoms. The van der Waals surface area contributed by atoms with E-state index in [2.05, 4.69) is 6.58 Å². The molecule has 0 aromatic rings. The van der Waals surface area contributed by atoms with Crippen molar-refractivity contribution in [2.45, 2.75) is 93.2 Å². The Balaban J connectivity index is 1.30. The van der Waals surface area contributed by atoms with Crippen molar-refractivity contribution in [1.29, 1.82) is 0 Å². The summed E-state index contributed by atoms with van der Waals surface area (Å²) in [4.78, 5) is 12.4. The van der Waals surface area contributed by atoms with Crippen LogP contribution in [-0.2, 0) is 28.5 Å². The maximum atomic E-state index is 12.4. The summed E-state index contributed by atoms with van der Waals surface area (Å²) in [5.74, 6) is -1.48. The zero-order chi connectivity index (χ0) is 28.5. The third-order valence-corrected chi connectivity index (χ3v) is 9.30. The van der Waals surface area contributed by atoms with E-state index in [1.165, 1.54) is 6.92 Å². The lowest BCUT2D eigenvalue weighted by atomic mass is 9.55. The number of ether oxygens (including phenoxy) is 5. The van der Waals surface area contributed by atoms with E-state index < -0.39 is 97.0 Å². The van der Waals surface area contributed by atoms with Crippen LogP contribution in [0.3, 0.4) is 0 Å². The molecule has 7 N–H and O–H groups in total. The molecule has 0 radical (unpaired) electrons. The van der Waals surface area contributed by atoms with Crippen molar-refractivity contribution in [2.24, 2.45) is 17.3 Å². The molecule has 5 rings (SSSR count). The second kappa shape index (κ2) is 10.1. The molecule has 0 amide bonds. The van der Waals surface area contributed by atoms with Crippen molar-refractivity contribution in [2.75, 3.05) is 19.8 Å². The predicted molar refractivity (Wildman–Crippen MR) is 128 cm³/mol. The third-order valence-electron chi connectivity index (χ3n) is 9.30. The van der Waals surface area contributed by atoms with Crippen molar-refractivity contribution in [3.05, 3.63) is 24.3 Å². The van der Waals surface area contributed by atoms with Gasteiger partial charge in [0.15, 0.2) is 18.2 Å². The first-order valence-electron chi connectivity index (χ1n) is 13.1. The lowest BCUT2D eigenvalue weighted by Gasteiger charge is -2.53. The molecule has 0 spiro atoms. The number of carbonyl (C=O) groups excluding carboxylic acids is 1. The minimum Gasteiger partial charge on any atom is -0.459 e. The van der Waals surface area contributed by atoms with Gasteiger partial charge < -0.3 is 59.4 Å². The Kier molecular flexibility index (Phi) is 7.52. The Morgan fingerprint density at radius 2 is 1.82 bits per heavy atom. The lowest BCUT2D eigenvalue weighted by molar-refractivity contribution is -0.324. The highest BCUT2D eigenvalue weighted by atomic mass is 16.7. The van der Waals surface area contributed by atoms with Crippen LogP contribution in [0.4, 0.5) is 0 Å². The molecule has 5 aliphatic rings. The van der Waals surface area contributed by atoms with Crippen molar-refractivity contribution >= 4 is 5.97 Å². The van der Waals surface area contributed by atoms with Crippen LogP contribution < -0.4 is 0 Å². The van der Waals surface area contributed by atoms with Crippen LogP contribution in [0.1, 0.15) is 26.7 Å². The van der Waals surface area contributed by atoms with Crippen molar-refractivity contribution in [3.63, 3.8) is 0 Å². The minimum absolute atomic E-state index is 0.373. The molecule has 3 heterocycles. The van der Waals surface area contributed by atoms with Crippen LogP contribution in [0, 0.1) is 17.3 Å². The molecule has 1 saturated carbocycles. The Morgan fingerprint density at radius 1 is 1.10 bits per heavy atom. The van der Waals surface area contributed by atoms with Crippen LogP contribution in [0.5, 0.6) is 0 Å². The molecule has 2 aliphatic carbocycles. The van der Waals surface area contributed by atoms with Crippen molar-refractivity contribution < 1.29 is 64.2 Å². The van der Waals surface area contributed by atoms with Crippen LogP contribution >= 0.6 is 0 Å². The molecule has 13 heteroatoms. The smallest absolute Gasteiger partial charge is 0.338 e. The number of rotatable bonds is 6. The molecule has 14 unspecified atom stereocenters. The maximum absolute atomic E-state index is 12.4. The van der Waals surface area contributed by atoms with E-state index >= 15 is 0 Å². The van der Waals surface area contributed by atoms with Gasteiger partial charge in [-0.2, -0.15) is 0 Å². The van der Waals surface area contributed by atoms with Gasteiger partial charge in [0.1, 0.15) is 42.2 Å². The van der Waals surface area contributed by atoms with Gasteiger partial charge in [-0.25, -0.2) is 4.79 Å². The fourth-order valence-corrected chi connectivity index (χ4v) is 6.66. The van der Waals surface area contributed by atoms with Gasteiger partial charge in [0.2, 0.25) is 0 Å². The van der Waals surface area contributed by atoms with Gasteiger partial charge in [0.25, 0.3) is 0 Å². The van der Waals surface area contributed by atoms with Gasteiger partial charge in [0, 0.05) is 17.3 Å². The van der Waals surface area contributed by atoms with Gasteiger partial charge in [-0.3, -0.25) is 0 Å². The Bertz CT molecular complexity index is 1000. The molecule has 4 fully saturated rings. The highest BCUT2D eigenvalue weighted by molar-refractivity contribution is 5.82. The first-order valence-corrected chi connectivity index (χ1v) is 13.1. The van der Waals surface area contributed by atoms with E-state index in [9.17, 15) is 40.5 Å². The average molecular weight is 559 g/mol. The molecular formula is C26H38O13. The summed E-state index contributed by atoms with van der Waals surface area (Å²) in [5.41, 5.74) is -3.46. The average Bonchev–Trinajstić information content (AvgIpc) is 3.31. The number of aliphatic hydroxyl groups excluding tert-OH is 5. The highest BCUT2D eigenvalue weighted by Gasteiger charge is 2.64. The summed E-state index contributed by atoms with van der Waals surface area (Å²) < 4.78 is 28.3. The molecule has 14 atom stereocenters.